The number of rotatable bonds is 30. The van der Waals surface area contributed by atoms with Gasteiger partial charge < -0.3 is 73.5 Å². The van der Waals surface area contributed by atoms with Crippen molar-refractivity contribution in [1.29, 1.82) is 0 Å². The molecule has 6 atom stereocenters. The first-order valence-corrected chi connectivity index (χ1v) is 18.4. The molecule has 0 aliphatic carbocycles. The molecule has 335 valence electrons. The van der Waals surface area contributed by atoms with Crippen LogP contribution in [0.3, 0.4) is 0 Å². The smallest absolute Gasteiger partial charge is 0.480 e. The summed E-state index contributed by atoms with van der Waals surface area (Å²) < 4.78 is 0. The van der Waals surface area contributed by atoms with Crippen molar-refractivity contribution in [2.75, 3.05) is 59.1 Å². The van der Waals surface area contributed by atoms with E-state index in [2.05, 4.69) is 27.9 Å². The van der Waals surface area contributed by atoms with Gasteiger partial charge in [0.15, 0.2) is 0 Å². The minimum Gasteiger partial charge on any atom is -0.480 e. The molecule has 3 amide bonds. The van der Waals surface area contributed by atoms with Gasteiger partial charge in [-0.1, -0.05) is 6.07 Å². The van der Waals surface area contributed by atoms with Crippen LogP contribution in [-0.2, 0) is 46.7 Å². The second-order valence-electron chi connectivity index (χ2n) is 13.4. The van der Waals surface area contributed by atoms with E-state index < -0.39 is 91.9 Å². The normalized spacial score (nSPS) is 16.3. The van der Waals surface area contributed by atoms with Gasteiger partial charge in [0.2, 0.25) is 17.7 Å². The molecule has 2 heterocycles. The average Bonchev–Trinajstić information content (AvgIpc) is 3.18. The van der Waals surface area contributed by atoms with E-state index in [1.165, 1.54) is 14.9 Å². The zero-order valence-corrected chi connectivity index (χ0v) is 36.9. The van der Waals surface area contributed by atoms with Crippen molar-refractivity contribution in [3.8, 4) is 0 Å². The Morgan fingerprint density at radius 1 is 0.763 bits per heavy atom. The predicted molar refractivity (Wildman–Crippen MR) is 196 cm³/mol. The molecule has 1 fully saturated rings. The van der Waals surface area contributed by atoms with Crippen LogP contribution in [0.25, 0.3) is 0 Å². The molecule has 6 unspecified atom stereocenters. The summed E-state index contributed by atoms with van der Waals surface area (Å²) in [7, 11) is 0. The number of nitrogens with zero attached hydrogens (tertiary/aromatic N) is 4. The number of hydrogen-bond acceptors (Lipinski definition) is 17. The van der Waals surface area contributed by atoms with E-state index >= 15 is 0 Å². The van der Waals surface area contributed by atoms with E-state index in [-0.39, 0.29) is 171 Å². The monoisotopic (exact) mass is 1130 g/mol. The second kappa shape index (κ2) is 31.2. The summed E-state index contributed by atoms with van der Waals surface area (Å²) in [6, 6.07) is 1.63. The Balaban J connectivity index is 0.0000168. The summed E-state index contributed by atoms with van der Waals surface area (Å²) in [6.45, 7) is 1.37. The van der Waals surface area contributed by atoms with Gasteiger partial charge in [-0.05, 0) is 31.4 Å². The van der Waals surface area contributed by atoms with Crippen molar-refractivity contribution < 1.29 is 154 Å². The number of aliphatic carboxylic acids is 2. The van der Waals surface area contributed by atoms with Crippen molar-refractivity contribution in [3.05, 3.63) is 36.5 Å². The molecule has 1 saturated heterocycles. The molecule has 24 heteroatoms. The molecule has 22 nitrogen and oxygen atoms in total. The molecule has 11 N–H and O–H groups in total. The van der Waals surface area contributed by atoms with Crippen molar-refractivity contribution in [2.45, 2.75) is 88.1 Å². The van der Waals surface area contributed by atoms with Gasteiger partial charge in [-0.15, -0.1) is 11.6 Å². The van der Waals surface area contributed by atoms with E-state index in [4.69, 9.17) is 20.2 Å². The third-order valence-electron chi connectivity index (χ3n) is 8.94. The third-order valence-corrected chi connectivity index (χ3v) is 8.94. The number of aliphatic hydroxyl groups excluding tert-OH is 6. The van der Waals surface area contributed by atoms with Crippen LogP contribution in [-0.4, -0.2) is 192 Å². The zero-order chi connectivity index (χ0) is 42.5. The molecule has 1 radical (unpaired) electrons. The maximum Gasteiger partial charge on any atom is 3.00 e. The Kier molecular flexibility index (Phi) is 30.2. The molecule has 0 bridgehead atoms. The van der Waals surface area contributed by atoms with Gasteiger partial charge in [0.25, 0.3) is 0 Å². The molecule has 2 rings (SSSR count). The number of carboxylic acid groups (broad SMARTS) is 2. The second-order valence-corrected chi connectivity index (χ2v) is 13.4. The standard InChI is InChI=1S/C35H56N7O15.2Gd/c1-2-40(27(33(52)53)6-9-30(49)36-14-24(46)19-43)17-22-4-3-5-23(39-22)18-41(28(34(54)55)7-10-31(50)37-15-25(47)20-44)12-13-42-29(35(56)57-42)8-11-32(51)38-16-26(48)21-45;;/h3-5,24-29,43-48H,1-2,6-21H2,(H,36,49)(H,37,50)(H,38,51)(H,52,53)(H,54,55);;/q-1;;+3. The SMILES string of the molecule is [CH2-]CN(Cc1cccc(CN(CCN2OC(=O)C2CCC(=O)NCC(O)CO)C(CCC(=O)NCC(O)CO)C(=O)O)n1)C(CCC(=O)NCC(O)CO)C(=O)O.[Gd+3].[Gd]. The van der Waals surface area contributed by atoms with Gasteiger partial charge in [-0.25, -0.2) is 4.79 Å². The van der Waals surface area contributed by atoms with Crippen molar-refractivity contribution in [2.24, 2.45) is 0 Å². The summed E-state index contributed by atoms with van der Waals surface area (Å²) in [5.74, 6) is -4.67. The molecule has 0 saturated carbocycles. The molecule has 1 aromatic heterocycles. The number of carboxylic acids is 2. The summed E-state index contributed by atoms with van der Waals surface area (Å²) in [5, 5.41) is 84.2. The minimum absolute atomic E-state index is 0. The maximum absolute atomic E-state index is 12.6. The number of hydroxylamine groups is 2. The van der Waals surface area contributed by atoms with Gasteiger partial charge in [0, 0.05) is 105 Å². The number of hydrogen-bond donors (Lipinski definition) is 11. The van der Waals surface area contributed by atoms with Crippen LogP contribution in [0.15, 0.2) is 18.2 Å². The molecule has 1 aromatic rings. The van der Waals surface area contributed by atoms with Gasteiger partial charge in [0.1, 0.15) is 18.1 Å². The van der Waals surface area contributed by atoms with Crippen LogP contribution >= 0.6 is 0 Å². The summed E-state index contributed by atoms with van der Waals surface area (Å²) in [6.07, 6.45) is -4.33. The molecule has 1 aliphatic rings. The molecule has 0 aromatic carbocycles. The van der Waals surface area contributed by atoms with Crippen LogP contribution in [0.2, 0.25) is 0 Å². The Bertz CT molecular complexity index is 1470. The van der Waals surface area contributed by atoms with E-state index in [0.29, 0.717) is 11.4 Å². The quantitative estimate of drug-likeness (QED) is 0.0323. The molecular formula is C35H56Gd2N7O15+2. The van der Waals surface area contributed by atoms with Crippen LogP contribution in [0.5, 0.6) is 0 Å². The Hall–Kier alpha value is -1.74. The van der Waals surface area contributed by atoms with E-state index in [0.717, 1.165) is 0 Å². The fraction of sp³-hybridized carbons (Fsp3) is 0.657. The number of nitrogens with one attached hydrogen (secondary N) is 3. The van der Waals surface area contributed by atoms with Crippen LogP contribution < -0.4 is 16.0 Å². The zero-order valence-electron chi connectivity index (χ0n) is 32.4. The van der Waals surface area contributed by atoms with Crippen LogP contribution in [0.1, 0.15) is 49.9 Å². The fourth-order valence-electron chi connectivity index (χ4n) is 5.69. The van der Waals surface area contributed by atoms with Crippen LogP contribution in [0, 0.1) is 86.8 Å². The van der Waals surface area contributed by atoms with Gasteiger partial charge in [-0.3, -0.25) is 33.9 Å². The fourth-order valence-corrected chi connectivity index (χ4v) is 5.69. The van der Waals surface area contributed by atoms with E-state index in [1.807, 2.05) is 0 Å². The summed E-state index contributed by atoms with van der Waals surface area (Å²) >= 11 is 0. The van der Waals surface area contributed by atoms with E-state index in [9.17, 15) is 54.3 Å². The van der Waals surface area contributed by atoms with Crippen LogP contribution in [0.4, 0.5) is 0 Å². The number of pyridine rings is 1. The maximum atomic E-state index is 12.6. The number of carbonyl (C=O) groups excluding carboxylic acids is 4. The topological polar surface area (TPSA) is 332 Å². The average molecular weight is 1130 g/mol. The first kappa shape index (κ1) is 57.3. The Labute approximate surface area is 405 Å². The Morgan fingerprint density at radius 3 is 1.59 bits per heavy atom. The summed E-state index contributed by atoms with van der Waals surface area (Å²) in [4.78, 5) is 86.9. The number of aromatic nitrogens is 1. The number of carbonyl (C=O) groups is 6. The number of amides is 3. The molecular weight excluding hydrogens is 1070 g/mol. The van der Waals surface area contributed by atoms with Gasteiger partial charge in [0.05, 0.1) is 49.5 Å². The van der Waals surface area contributed by atoms with Crippen molar-refractivity contribution >= 4 is 35.6 Å². The molecule has 1 aliphatic heterocycles. The predicted octanol–water partition coefficient (Wildman–Crippen LogP) is -4.68. The first-order chi connectivity index (χ1) is 27.1. The van der Waals surface area contributed by atoms with Crippen molar-refractivity contribution in [1.82, 2.24) is 35.8 Å². The van der Waals surface area contributed by atoms with Crippen molar-refractivity contribution in [3.63, 3.8) is 0 Å². The van der Waals surface area contributed by atoms with Gasteiger partial charge >= 0.3 is 57.8 Å². The largest absolute Gasteiger partial charge is 3.00 e. The Morgan fingerprint density at radius 2 is 1.19 bits per heavy atom. The number of aliphatic hydroxyl groups is 6. The van der Waals surface area contributed by atoms with E-state index in [1.54, 1.807) is 18.2 Å². The summed E-state index contributed by atoms with van der Waals surface area (Å²) in [5.41, 5.74) is 0.763. The first-order valence-electron chi connectivity index (χ1n) is 18.4. The third kappa shape index (κ3) is 21.8. The van der Waals surface area contributed by atoms with Gasteiger partial charge in [-0.2, -0.15) is 0 Å². The molecule has 0 spiro atoms. The molecule has 59 heavy (non-hydrogen) atoms. The minimum atomic E-state index is -1.28.